The van der Waals surface area contributed by atoms with Crippen LogP contribution in [0, 0.1) is 0 Å². The lowest BCUT2D eigenvalue weighted by Gasteiger charge is -2.06. The van der Waals surface area contributed by atoms with Crippen LogP contribution in [0.4, 0.5) is 5.69 Å². The van der Waals surface area contributed by atoms with Crippen molar-refractivity contribution in [2.45, 2.75) is 6.54 Å². The number of anilines is 1. The van der Waals surface area contributed by atoms with Gasteiger partial charge in [-0.25, -0.2) is 14.5 Å². The molecule has 0 amide bonds. The summed E-state index contributed by atoms with van der Waals surface area (Å²) in [5.41, 5.74) is 5.03. The standard InChI is InChI=1S/C20H17ClN8/c1-28-9-8-16(27-28)20-19(13-6-7-18-23-12-24-29(18)11-13)25-17(26-20)10-22-15-5-3-2-4-14(15)21/h2-9,11-12,22H,10H2,1H3,(H,25,26). The molecule has 0 atom stereocenters. The molecule has 0 saturated carbocycles. The van der Waals surface area contributed by atoms with Crippen LogP contribution in [0.5, 0.6) is 0 Å². The van der Waals surface area contributed by atoms with Gasteiger partial charge in [0.2, 0.25) is 0 Å². The molecule has 2 N–H and O–H groups in total. The number of nitrogens with zero attached hydrogens (tertiary/aromatic N) is 6. The highest BCUT2D eigenvalue weighted by Gasteiger charge is 2.17. The zero-order valence-corrected chi connectivity index (χ0v) is 16.3. The second-order valence-corrected chi connectivity index (χ2v) is 7.00. The maximum Gasteiger partial charge on any atom is 0.155 e. The van der Waals surface area contributed by atoms with Crippen molar-refractivity contribution in [3.63, 3.8) is 0 Å². The number of aromatic amines is 1. The maximum atomic E-state index is 6.24. The molecule has 0 radical (unpaired) electrons. The lowest BCUT2D eigenvalue weighted by molar-refractivity contribution is 0.770. The van der Waals surface area contributed by atoms with E-state index in [4.69, 9.17) is 16.6 Å². The average molecular weight is 405 g/mol. The van der Waals surface area contributed by atoms with E-state index >= 15 is 0 Å². The molecule has 0 bridgehead atoms. The molecular formula is C20H17ClN8. The summed E-state index contributed by atoms with van der Waals surface area (Å²) in [6, 6.07) is 13.5. The number of para-hydroxylation sites is 1. The number of hydrogen-bond acceptors (Lipinski definition) is 5. The van der Waals surface area contributed by atoms with Crippen LogP contribution >= 0.6 is 11.6 Å². The Labute approximate surface area is 171 Å². The van der Waals surface area contributed by atoms with Gasteiger partial charge in [-0.1, -0.05) is 23.7 Å². The van der Waals surface area contributed by atoms with Crippen LogP contribution in [-0.4, -0.2) is 34.3 Å². The van der Waals surface area contributed by atoms with E-state index < -0.39 is 0 Å². The minimum Gasteiger partial charge on any atom is -0.377 e. The summed E-state index contributed by atoms with van der Waals surface area (Å²) in [6.07, 6.45) is 5.36. The van der Waals surface area contributed by atoms with E-state index in [9.17, 15) is 0 Å². The molecule has 0 spiro atoms. The van der Waals surface area contributed by atoms with Gasteiger partial charge in [-0.05, 0) is 30.3 Å². The number of rotatable bonds is 5. The first kappa shape index (κ1) is 17.4. The van der Waals surface area contributed by atoms with Gasteiger partial charge in [-0.3, -0.25) is 4.68 Å². The molecule has 0 aliphatic heterocycles. The van der Waals surface area contributed by atoms with Gasteiger partial charge in [0.05, 0.1) is 22.9 Å². The summed E-state index contributed by atoms with van der Waals surface area (Å²) in [7, 11) is 1.89. The van der Waals surface area contributed by atoms with Crippen LogP contribution in [0.2, 0.25) is 5.02 Å². The lowest BCUT2D eigenvalue weighted by atomic mass is 10.1. The van der Waals surface area contributed by atoms with E-state index in [1.165, 1.54) is 6.33 Å². The zero-order chi connectivity index (χ0) is 19.8. The van der Waals surface area contributed by atoms with Crippen LogP contribution in [0.25, 0.3) is 28.3 Å². The van der Waals surface area contributed by atoms with Crippen molar-refractivity contribution in [1.29, 1.82) is 0 Å². The molecule has 144 valence electrons. The Morgan fingerprint density at radius 3 is 2.86 bits per heavy atom. The van der Waals surface area contributed by atoms with Gasteiger partial charge >= 0.3 is 0 Å². The predicted molar refractivity (Wildman–Crippen MR) is 112 cm³/mol. The molecule has 5 aromatic rings. The number of aryl methyl sites for hydroxylation is 1. The largest absolute Gasteiger partial charge is 0.377 e. The Kier molecular flexibility index (Phi) is 4.25. The van der Waals surface area contributed by atoms with E-state index in [2.05, 4.69) is 25.5 Å². The number of hydrogen-bond donors (Lipinski definition) is 2. The molecule has 0 unspecified atom stereocenters. The van der Waals surface area contributed by atoms with E-state index in [0.717, 1.165) is 39.8 Å². The van der Waals surface area contributed by atoms with E-state index in [1.54, 1.807) is 9.20 Å². The highest BCUT2D eigenvalue weighted by molar-refractivity contribution is 6.33. The number of fused-ring (bicyclic) bond motifs is 1. The molecule has 0 aliphatic rings. The number of pyridine rings is 1. The van der Waals surface area contributed by atoms with Crippen molar-refractivity contribution >= 4 is 22.9 Å². The van der Waals surface area contributed by atoms with Crippen molar-refractivity contribution in [3.05, 3.63) is 72.0 Å². The fourth-order valence-electron chi connectivity index (χ4n) is 3.19. The number of benzene rings is 1. The van der Waals surface area contributed by atoms with Crippen molar-refractivity contribution in [2.24, 2.45) is 7.05 Å². The Bertz CT molecular complexity index is 1300. The number of halogens is 1. The van der Waals surface area contributed by atoms with Gasteiger partial charge < -0.3 is 10.3 Å². The first-order valence-electron chi connectivity index (χ1n) is 9.04. The molecule has 8 nitrogen and oxygen atoms in total. The van der Waals surface area contributed by atoms with Crippen LogP contribution in [0.1, 0.15) is 5.82 Å². The fourth-order valence-corrected chi connectivity index (χ4v) is 3.39. The van der Waals surface area contributed by atoms with Crippen molar-refractivity contribution in [3.8, 4) is 22.6 Å². The highest BCUT2D eigenvalue weighted by Crippen LogP contribution is 2.30. The normalized spacial score (nSPS) is 11.2. The molecule has 29 heavy (non-hydrogen) atoms. The van der Waals surface area contributed by atoms with Crippen LogP contribution in [0.3, 0.4) is 0 Å². The Morgan fingerprint density at radius 1 is 1.14 bits per heavy atom. The highest BCUT2D eigenvalue weighted by atomic mass is 35.5. The first-order valence-corrected chi connectivity index (χ1v) is 9.42. The molecular weight excluding hydrogens is 388 g/mol. The summed E-state index contributed by atoms with van der Waals surface area (Å²) < 4.78 is 3.50. The third-order valence-electron chi connectivity index (χ3n) is 4.59. The molecule has 4 heterocycles. The Morgan fingerprint density at radius 2 is 2.03 bits per heavy atom. The van der Waals surface area contributed by atoms with Crippen LogP contribution in [-0.2, 0) is 13.6 Å². The van der Waals surface area contributed by atoms with Crippen LogP contribution < -0.4 is 5.32 Å². The van der Waals surface area contributed by atoms with Crippen LogP contribution in [0.15, 0.2) is 61.2 Å². The number of H-pyrrole nitrogens is 1. The summed E-state index contributed by atoms with van der Waals surface area (Å²) in [4.78, 5) is 12.4. The van der Waals surface area contributed by atoms with Gasteiger partial charge in [0.25, 0.3) is 0 Å². The van der Waals surface area contributed by atoms with Gasteiger partial charge in [0.15, 0.2) is 5.65 Å². The monoisotopic (exact) mass is 404 g/mol. The van der Waals surface area contributed by atoms with Crippen molar-refractivity contribution < 1.29 is 0 Å². The lowest BCUT2D eigenvalue weighted by Crippen LogP contribution is -2.01. The van der Waals surface area contributed by atoms with Crippen molar-refractivity contribution in [2.75, 3.05) is 5.32 Å². The van der Waals surface area contributed by atoms with Gasteiger partial charge in [-0.2, -0.15) is 10.2 Å². The zero-order valence-electron chi connectivity index (χ0n) is 15.5. The van der Waals surface area contributed by atoms with Gasteiger partial charge in [0.1, 0.15) is 23.5 Å². The minimum atomic E-state index is 0.495. The molecule has 5 rings (SSSR count). The second-order valence-electron chi connectivity index (χ2n) is 6.60. The molecule has 1 aromatic carbocycles. The molecule has 0 aliphatic carbocycles. The Balaban J connectivity index is 1.54. The molecule has 4 aromatic heterocycles. The quantitative estimate of drug-likeness (QED) is 0.465. The summed E-state index contributed by atoms with van der Waals surface area (Å²) in [5, 5.41) is 12.7. The van der Waals surface area contributed by atoms with E-state index in [0.29, 0.717) is 11.6 Å². The van der Waals surface area contributed by atoms with Crippen molar-refractivity contribution in [1.82, 2.24) is 34.3 Å². The third kappa shape index (κ3) is 3.34. The average Bonchev–Trinajstić information content (AvgIpc) is 3.45. The minimum absolute atomic E-state index is 0.495. The summed E-state index contributed by atoms with van der Waals surface area (Å²) in [5.74, 6) is 0.777. The maximum absolute atomic E-state index is 6.24. The van der Waals surface area contributed by atoms with Gasteiger partial charge in [-0.15, -0.1) is 0 Å². The smallest absolute Gasteiger partial charge is 0.155 e. The fraction of sp³-hybridized carbons (Fsp3) is 0.100. The van der Waals surface area contributed by atoms with E-state index in [-0.39, 0.29) is 0 Å². The molecule has 9 heteroatoms. The Hall–Kier alpha value is -3.65. The third-order valence-corrected chi connectivity index (χ3v) is 4.92. The topological polar surface area (TPSA) is 88.7 Å². The first-order chi connectivity index (χ1) is 14.2. The second kappa shape index (κ2) is 7.06. The molecule has 0 fully saturated rings. The summed E-state index contributed by atoms with van der Waals surface area (Å²) in [6.45, 7) is 0.495. The van der Waals surface area contributed by atoms with Gasteiger partial charge in [0, 0.05) is 25.0 Å². The number of imidazole rings is 1. The SMILES string of the molecule is Cn1ccc(-c2nc(CNc3ccccc3Cl)[nH]c2-c2ccc3ncnn3c2)n1. The molecule has 0 saturated heterocycles. The summed E-state index contributed by atoms with van der Waals surface area (Å²) >= 11 is 6.24. The van der Waals surface area contributed by atoms with E-state index in [1.807, 2.05) is 61.9 Å². The predicted octanol–water partition coefficient (Wildman–Crippen LogP) is 3.79. The number of aromatic nitrogens is 7. The number of nitrogens with one attached hydrogen (secondary N) is 2.